The molecule has 2 aromatic rings. The van der Waals surface area contributed by atoms with E-state index in [9.17, 15) is 13.2 Å². The lowest BCUT2D eigenvalue weighted by atomic mass is 10.2. The Balaban J connectivity index is 2.43. The molecule has 1 N–H and O–H groups in total. The van der Waals surface area contributed by atoms with Crippen molar-refractivity contribution in [1.82, 2.24) is 0 Å². The normalized spacial score (nSPS) is 11.2. The minimum atomic E-state index is -3.80. The van der Waals surface area contributed by atoms with Crippen LogP contribution in [0.1, 0.15) is 10.4 Å². The van der Waals surface area contributed by atoms with Gasteiger partial charge in [-0.1, -0.05) is 11.6 Å². The molecule has 0 atom stereocenters. The van der Waals surface area contributed by atoms with Gasteiger partial charge in [-0.15, -0.1) is 11.3 Å². The highest BCUT2D eigenvalue weighted by atomic mass is 79.9. The Kier molecular flexibility index (Phi) is 4.92. The lowest BCUT2D eigenvalue weighted by Crippen LogP contribution is -2.15. The van der Waals surface area contributed by atoms with E-state index in [1.54, 1.807) is 6.07 Å². The summed E-state index contributed by atoms with van der Waals surface area (Å²) < 4.78 is 32.3. The lowest BCUT2D eigenvalue weighted by Gasteiger charge is -2.10. The van der Waals surface area contributed by atoms with Crippen LogP contribution in [-0.4, -0.2) is 21.5 Å². The molecule has 0 radical (unpaired) electrons. The zero-order valence-corrected chi connectivity index (χ0v) is 14.6. The number of esters is 1. The van der Waals surface area contributed by atoms with Gasteiger partial charge in [-0.2, -0.15) is 0 Å². The van der Waals surface area contributed by atoms with E-state index in [4.69, 9.17) is 11.6 Å². The molecule has 1 aromatic heterocycles. The SMILES string of the molecule is COC(=O)c1ccc(Cl)cc1NS(=O)(=O)c1ccc(Br)s1. The maximum absolute atomic E-state index is 12.3. The summed E-state index contributed by atoms with van der Waals surface area (Å²) >= 11 is 10.1. The van der Waals surface area contributed by atoms with E-state index in [-0.39, 0.29) is 15.5 Å². The van der Waals surface area contributed by atoms with Gasteiger partial charge < -0.3 is 4.74 Å². The Labute approximate surface area is 139 Å². The van der Waals surface area contributed by atoms with Gasteiger partial charge in [-0.25, -0.2) is 13.2 Å². The molecule has 0 aliphatic heterocycles. The first-order chi connectivity index (χ1) is 9.83. The monoisotopic (exact) mass is 409 g/mol. The quantitative estimate of drug-likeness (QED) is 0.779. The largest absolute Gasteiger partial charge is 0.465 e. The average Bonchev–Trinajstić information content (AvgIpc) is 2.85. The molecule has 21 heavy (non-hydrogen) atoms. The van der Waals surface area contributed by atoms with Crippen molar-refractivity contribution in [1.29, 1.82) is 0 Å². The summed E-state index contributed by atoms with van der Waals surface area (Å²) in [6.07, 6.45) is 0. The van der Waals surface area contributed by atoms with E-state index in [2.05, 4.69) is 25.4 Å². The number of sulfonamides is 1. The molecule has 0 aliphatic carbocycles. The van der Waals surface area contributed by atoms with Crippen molar-refractivity contribution >= 4 is 60.5 Å². The molecule has 112 valence electrons. The van der Waals surface area contributed by atoms with Crippen LogP contribution >= 0.6 is 38.9 Å². The van der Waals surface area contributed by atoms with Gasteiger partial charge in [0.25, 0.3) is 10.0 Å². The molecule has 0 bridgehead atoms. The summed E-state index contributed by atoms with van der Waals surface area (Å²) in [4.78, 5) is 11.7. The Morgan fingerprint density at radius 2 is 2.05 bits per heavy atom. The molecule has 0 saturated carbocycles. The predicted octanol–water partition coefficient (Wildman–Crippen LogP) is 3.75. The second-order valence-electron chi connectivity index (χ2n) is 3.85. The first kappa shape index (κ1) is 16.3. The molecule has 2 rings (SSSR count). The van der Waals surface area contributed by atoms with E-state index in [1.807, 2.05) is 0 Å². The molecule has 0 amide bonds. The number of halogens is 2. The maximum Gasteiger partial charge on any atom is 0.339 e. The fraction of sp³-hybridized carbons (Fsp3) is 0.0833. The zero-order chi connectivity index (χ0) is 15.6. The first-order valence-corrected chi connectivity index (χ1v) is 8.96. The minimum Gasteiger partial charge on any atom is -0.465 e. The Bertz CT molecular complexity index is 788. The van der Waals surface area contributed by atoms with Crippen LogP contribution in [0, 0.1) is 0 Å². The number of hydrogen-bond donors (Lipinski definition) is 1. The zero-order valence-electron chi connectivity index (χ0n) is 10.6. The number of thiophene rings is 1. The van der Waals surface area contributed by atoms with Crippen LogP contribution in [0.25, 0.3) is 0 Å². The van der Waals surface area contributed by atoms with E-state index in [0.29, 0.717) is 8.81 Å². The average molecular weight is 411 g/mol. The molecular formula is C12H9BrClNO4S2. The summed E-state index contributed by atoms with van der Waals surface area (Å²) in [6, 6.07) is 7.32. The van der Waals surface area contributed by atoms with Crippen LogP contribution in [0.4, 0.5) is 5.69 Å². The fourth-order valence-electron chi connectivity index (χ4n) is 1.53. The molecule has 1 heterocycles. The van der Waals surface area contributed by atoms with Gasteiger partial charge in [0.05, 0.1) is 22.1 Å². The molecule has 5 nitrogen and oxygen atoms in total. The predicted molar refractivity (Wildman–Crippen MR) is 85.6 cm³/mol. The van der Waals surface area contributed by atoms with Gasteiger partial charge in [0.2, 0.25) is 0 Å². The maximum atomic E-state index is 12.3. The Morgan fingerprint density at radius 1 is 1.33 bits per heavy atom. The third-order valence-electron chi connectivity index (χ3n) is 2.44. The van der Waals surface area contributed by atoms with E-state index >= 15 is 0 Å². The van der Waals surface area contributed by atoms with Crippen molar-refractivity contribution in [3.8, 4) is 0 Å². The Morgan fingerprint density at radius 3 is 2.62 bits per heavy atom. The second-order valence-corrected chi connectivity index (χ2v) is 8.65. The lowest BCUT2D eigenvalue weighted by molar-refractivity contribution is 0.0602. The molecule has 0 aliphatic rings. The number of carbonyl (C=O) groups excluding carboxylic acids is 1. The van der Waals surface area contributed by atoms with Gasteiger partial charge >= 0.3 is 5.97 Å². The third-order valence-corrected chi connectivity index (χ3v) is 6.16. The van der Waals surface area contributed by atoms with Crippen molar-refractivity contribution < 1.29 is 17.9 Å². The van der Waals surface area contributed by atoms with Crippen LogP contribution in [0.5, 0.6) is 0 Å². The summed E-state index contributed by atoms with van der Waals surface area (Å²) in [5.74, 6) is -0.656. The third kappa shape index (κ3) is 3.76. The van der Waals surface area contributed by atoms with Gasteiger partial charge in [0.1, 0.15) is 4.21 Å². The molecule has 0 saturated heterocycles. The summed E-state index contributed by atoms with van der Waals surface area (Å²) in [5.41, 5.74) is 0.153. The molecule has 0 fully saturated rings. The van der Waals surface area contributed by atoms with Gasteiger partial charge in [-0.3, -0.25) is 4.72 Å². The number of benzene rings is 1. The van der Waals surface area contributed by atoms with Gasteiger partial charge in [0.15, 0.2) is 0 Å². The van der Waals surface area contributed by atoms with Crippen molar-refractivity contribution in [3.05, 3.63) is 44.7 Å². The summed E-state index contributed by atoms with van der Waals surface area (Å²) in [7, 11) is -2.59. The van der Waals surface area contributed by atoms with Crippen LogP contribution < -0.4 is 4.72 Å². The number of anilines is 1. The van der Waals surface area contributed by atoms with Gasteiger partial charge in [-0.05, 0) is 46.3 Å². The molecule has 0 spiro atoms. The van der Waals surface area contributed by atoms with Crippen molar-refractivity contribution in [2.24, 2.45) is 0 Å². The van der Waals surface area contributed by atoms with Crippen LogP contribution in [0.2, 0.25) is 5.02 Å². The number of hydrogen-bond acceptors (Lipinski definition) is 5. The number of rotatable bonds is 4. The van der Waals surface area contributed by atoms with Crippen molar-refractivity contribution in [2.45, 2.75) is 4.21 Å². The van der Waals surface area contributed by atoms with Gasteiger partial charge in [0, 0.05) is 5.02 Å². The Hall–Kier alpha value is -1.09. The minimum absolute atomic E-state index is 0.0684. The molecular weight excluding hydrogens is 402 g/mol. The second kappa shape index (κ2) is 6.35. The topological polar surface area (TPSA) is 72.5 Å². The molecule has 1 aromatic carbocycles. The number of methoxy groups -OCH3 is 1. The van der Waals surface area contributed by atoms with Crippen molar-refractivity contribution in [2.75, 3.05) is 11.8 Å². The summed E-state index contributed by atoms with van der Waals surface area (Å²) in [5, 5.41) is 0.299. The molecule has 0 unspecified atom stereocenters. The van der Waals surface area contributed by atoms with Crippen LogP contribution in [0.3, 0.4) is 0 Å². The number of ether oxygens (including phenoxy) is 1. The standard InChI is InChI=1S/C12H9BrClNO4S2/c1-19-12(16)8-3-2-7(14)6-9(8)15-21(17,18)11-5-4-10(13)20-11/h2-6,15H,1H3. The molecule has 9 heteroatoms. The summed E-state index contributed by atoms with van der Waals surface area (Å²) in [6.45, 7) is 0. The number of carbonyl (C=O) groups is 1. The number of nitrogens with one attached hydrogen (secondary N) is 1. The fourth-order valence-corrected chi connectivity index (χ4v) is 4.78. The van der Waals surface area contributed by atoms with E-state index < -0.39 is 16.0 Å². The van der Waals surface area contributed by atoms with Crippen LogP contribution in [0.15, 0.2) is 38.3 Å². The highest BCUT2D eigenvalue weighted by Gasteiger charge is 2.21. The van der Waals surface area contributed by atoms with Crippen LogP contribution in [-0.2, 0) is 14.8 Å². The van der Waals surface area contributed by atoms with E-state index in [1.165, 1.54) is 31.4 Å². The first-order valence-electron chi connectivity index (χ1n) is 5.49. The highest BCUT2D eigenvalue weighted by molar-refractivity contribution is 9.11. The van der Waals surface area contributed by atoms with E-state index in [0.717, 1.165) is 11.3 Å². The highest BCUT2D eigenvalue weighted by Crippen LogP contribution is 2.29. The van der Waals surface area contributed by atoms with Crippen molar-refractivity contribution in [3.63, 3.8) is 0 Å². The smallest absolute Gasteiger partial charge is 0.339 e.